The third kappa shape index (κ3) is 2.65. The van der Waals surface area contributed by atoms with Crippen LogP contribution in [0.2, 0.25) is 0 Å². The molecule has 1 N–H and O–H groups in total. The van der Waals surface area contributed by atoms with Gasteiger partial charge in [0.2, 0.25) is 0 Å². The maximum absolute atomic E-state index is 12.5. The van der Waals surface area contributed by atoms with E-state index in [1.54, 1.807) is 25.5 Å². The maximum atomic E-state index is 12.5. The highest BCUT2D eigenvalue weighted by atomic mass is 32.1. The van der Waals surface area contributed by atoms with E-state index in [2.05, 4.69) is 20.3 Å². The molecule has 0 bridgehead atoms. The van der Waals surface area contributed by atoms with Crippen molar-refractivity contribution in [3.05, 3.63) is 40.4 Å². The molecule has 0 spiro atoms. The van der Waals surface area contributed by atoms with Gasteiger partial charge in [-0.2, -0.15) is 13.2 Å². The van der Waals surface area contributed by atoms with Gasteiger partial charge in [-0.15, -0.1) is 11.3 Å². The van der Waals surface area contributed by atoms with E-state index in [-0.39, 0.29) is 0 Å². The second-order valence-corrected chi connectivity index (χ2v) is 4.46. The summed E-state index contributed by atoms with van der Waals surface area (Å²) in [6, 6.07) is 1.16. The lowest BCUT2D eigenvalue weighted by atomic mass is 10.2. The number of halogens is 3. The summed E-state index contributed by atoms with van der Waals surface area (Å²) in [5.41, 5.74) is 0. The summed E-state index contributed by atoms with van der Waals surface area (Å²) >= 11 is 0.589. The number of nitrogens with zero attached hydrogens (tertiary/aromatic N) is 3. The van der Waals surface area contributed by atoms with Crippen molar-refractivity contribution < 1.29 is 13.2 Å². The molecular formula is C10H9F3N4S. The number of aromatic nitrogens is 3. The van der Waals surface area contributed by atoms with Crippen LogP contribution >= 0.6 is 11.3 Å². The molecule has 0 fully saturated rings. The first-order valence-electron chi connectivity index (χ1n) is 4.99. The van der Waals surface area contributed by atoms with Crippen LogP contribution in [0.15, 0.2) is 24.7 Å². The van der Waals surface area contributed by atoms with Crippen LogP contribution < -0.4 is 5.32 Å². The van der Waals surface area contributed by atoms with Gasteiger partial charge in [0, 0.05) is 23.5 Å². The highest BCUT2D eigenvalue weighted by molar-refractivity contribution is 7.11. The van der Waals surface area contributed by atoms with Gasteiger partial charge in [0.15, 0.2) is 5.01 Å². The fourth-order valence-corrected chi connectivity index (χ4v) is 2.30. The van der Waals surface area contributed by atoms with Crippen molar-refractivity contribution in [2.24, 2.45) is 0 Å². The van der Waals surface area contributed by atoms with E-state index in [1.165, 1.54) is 6.20 Å². The molecule has 0 aliphatic rings. The van der Waals surface area contributed by atoms with Crippen LogP contribution in [-0.4, -0.2) is 22.0 Å². The molecule has 0 radical (unpaired) electrons. The van der Waals surface area contributed by atoms with Crippen molar-refractivity contribution in [1.29, 1.82) is 0 Å². The third-order valence-electron chi connectivity index (χ3n) is 2.18. The number of nitrogens with one attached hydrogen (secondary N) is 1. The molecule has 1 unspecified atom stereocenters. The Morgan fingerprint density at radius 3 is 2.39 bits per heavy atom. The first kappa shape index (κ1) is 12.9. The average Bonchev–Trinajstić information content (AvgIpc) is 2.81. The molecule has 96 valence electrons. The number of hydrogen-bond donors (Lipinski definition) is 1. The lowest BCUT2D eigenvalue weighted by molar-refractivity contribution is -0.137. The Morgan fingerprint density at radius 2 is 1.89 bits per heavy atom. The monoisotopic (exact) mass is 274 g/mol. The first-order chi connectivity index (χ1) is 8.52. The van der Waals surface area contributed by atoms with Crippen molar-refractivity contribution in [3.63, 3.8) is 0 Å². The molecule has 0 aliphatic carbocycles. The Kier molecular flexibility index (Phi) is 3.58. The normalized spacial score (nSPS) is 13.6. The van der Waals surface area contributed by atoms with Gasteiger partial charge in [-0.25, -0.2) is 15.0 Å². The molecule has 0 amide bonds. The molecule has 18 heavy (non-hydrogen) atoms. The van der Waals surface area contributed by atoms with Crippen LogP contribution in [0, 0.1) is 0 Å². The summed E-state index contributed by atoms with van der Waals surface area (Å²) in [5, 5.41) is 2.01. The fourth-order valence-electron chi connectivity index (χ4n) is 1.41. The Labute approximate surface area is 105 Å². The molecule has 0 aromatic carbocycles. The van der Waals surface area contributed by atoms with Crippen molar-refractivity contribution in [2.75, 3.05) is 7.05 Å². The molecule has 2 rings (SSSR count). The molecule has 4 nitrogen and oxygen atoms in total. The number of rotatable bonds is 3. The van der Waals surface area contributed by atoms with Crippen molar-refractivity contribution in [3.8, 4) is 0 Å². The Bertz CT molecular complexity index is 511. The molecule has 1 atom stereocenters. The Morgan fingerprint density at radius 1 is 1.22 bits per heavy atom. The number of hydrogen-bond acceptors (Lipinski definition) is 5. The van der Waals surface area contributed by atoms with Crippen molar-refractivity contribution in [1.82, 2.24) is 20.3 Å². The Hall–Kier alpha value is -1.54. The van der Waals surface area contributed by atoms with Gasteiger partial charge >= 0.3 is 6.18 Å². The molecule has 0 aliphatic heterocycles. The highest BCUT2D eigenvalue weighted by Gasteiger charge is 2.35. The highest BCUT2D eigenvalue weighted by Crippen LogP contribution is 2.35. The molecule has 0 saturated carbocycles. The molecular weight excluding hydrogens is 265 g/mol. The van der Waals surface area contributed by atoms with E-state index < -0.39 is 17.2 Å². The summed E-state index contributed by atoms with van der Waals surface area (Å²) in [6.07, 6.45) is -0.138. The van der Waals surface area contributed by atoms with Gasteiger partial charge in [-0.1, -0.05) is 0 Å². The van der Waals surface area contributed by atoms with Crippen LogP contribution in [-0.2, 0) is 6.18 Å². The smallest absolute Gasteiger partial charge is 0.306 e. The van der Waals surface area contributed by atoms with Gasteiger partial charge in [0.05, 0.1) is 0 Å². The standard InChI is InChI=1S/C10H9F3N4S/c1-14-7(8-15-3-2-4-16-8)6-5-17-9(18-6)10(11,12)13/h2-5,7,14H,1H3. The zero-order valence-corrected chi connectivity index (χ0v) is 10.1. The van der Waals surface area contributed by atoms with Gasteiger partial charge in [-0.05, 0) is 13.1 Å². The third-order valence-corrected chi connectivity index (χ3v) is 3.29. The van der Waals surface area contributed by atoms with Gasteiger partial charge in [0.1, 0.15) is 11.9 Å². The molecule has 2 aromatic rings. The molecule has 0 saturated heterocycles. The summed E-state index contributed by atoms with van der Waals surface area (Å²) in [6.45, 7) is 0. The van der Waals surface area contributed by atoms with Crippen LogP contribution in [0.4, 0.5) is 13.2 Å². The SMILES string of the molecule is CNC(c1ncccn1)c1cnc(C(F)(F)F)s1. The van der Waals surface area contributed by atoms with Gasteiger partial charge in [-0.3, -0.25) is 0 Å². The van der Waals surface area contributed by atoms with E-state index in [1.807, 2.05) is 0 Å². The van der Waals surface area contributed by atoms with Crippen molar-refractivity contribution >= 4 is 11.3 Å². The van der Waals surface area contributed by atoms with E-state index in [0.29, 0.717) is 22.0 Å². The van der Waals surface area contributed by atoms with E-state index in [4.69, 9.17) is 0 Å². The Balaban J connectivity index is 2.32. The predicted molar refractivity (Wildman–Crippen MR) is 60.1 cm³/mol. The largest absolute Gasteiger partial charge is 0.443 e. The lowest BCUT2D eigenvalue weighted by Gasteiger charge is -2.11. The minimum Gasteiger partial charge on any atom is -0.306 e. The van der Waals surface area contributed by atoms with Crippen LogP contribution in [0.5, 0.6) is 0 Å². The maximum Gasteiger partial charge on any atom is 0.443 e. The van der Waals surface area contributed by atoms with E-state index >= 15 is 0 Å². The number of thiazole rings is 1. The molecule has 2 heterocycles. The fraction of sp³-hybridized carbons (Fsp3) is 0.300. The predicted octanol–water partition coefficient (Wildman–Crippen LogP) is 2.26. The van der Waals surface area contributed by atoms with Crippen molar-refractivity contribution in [2.45, 2.75) is 12.2 Å². The topological polar surface area (TPSA) is 50.7 Å². The quantitative estimate of drug-likeness (QED) is 0.932. The second-order valence-electron chi connectivity index (χ2n) is 3.39. The number of alkyl halides is 3. The molecule has 2 aromatic heterocycles. The van der Waals surface area contributed by atoms with E-state index in [9.17, 15) is 13.2 Å². The second kappa shape index (κ2) is 4.99. The summed E-state index contributed by atoms with van der Waals surface area (Å²) in [4.78, 5) is 11.9. The minimum atomic E-state index is -4.42. The minimum absolute atomic E-state index is 0.414. The van der Waals surface area contributed by atoms with Gasteiger partial charge < -0.3 is 5.32 Å². The lowest BCUT2D eigenvalue weighted by Crippen LogP contribution is -2.19. The van der Waals surface area contributed by atoms with Gasteiger partial charge in [0.25, 0.3) is 0 Å². The summed E-state index contributed by atoms with van der Waals surface area (Å²) in [7, 11) is 1.63. The summed E-state index contributed by atoms with van der Waals surface area (Å²) in [5.74, 6) is 0.414. The summed E-state index contributed by atoms with van der Waals surface area (Å²) < 4.78 is 37.4. The van der Waals surface area contributed by atoms with Crippen LogP contribution in [0.3, 0.4) is 0 Å². The molecule has 8 heteroatoms. The van der Waals surface area contributed by atoms with Crippen LogP contribution in [0.1, 0.15) is 21.8 Å². The zero-order valence-electron chi connectivity index (χ0n) is 9.27. The first-order valence-corrected chi connectivity index (χ1v) is 5.81. The van der Waals surface area contributed by atoms with Crippen LogP contribution in [0.25, 0.3) is 0 Å². The average molecular weight is 274 g/mol. The van der Waals surface area contributed by atoms with E-state index in [0.717, 1.165) is 0 Å². The zero-order chi connectivity index (χ0) is 13.2.